The fraction of sp³-hybridized carbons (Fsp3) is 0.476. The standard InChI is InChI=1S/C21H29N5O2/c1-15-7-4-11-24-19(15)17-9-3-10-18(20-16(2)8-5-12-25-20)26(17)13-6-14-27-28-21(22)23/h4-5,7-8,11-12,17-18H,3,6,9-10,13-14H2,1-2H3,(H3,22,23)/t17-,18+. The van der Waals surface area contributed by atoms with E-state index in [0.717, 1.165) is 43.6 Å². The van der Waals surface area contributed by atoms with Gasteiger partial charge in [0, 0.05) is 18.9 Å². The molecular formula is C21H29N5O2. The van der Waals surface area contributed by atoms with Crippen molar-refractivity contribution in [3.63, 3.8) is 0 Å². The molecule has 1 aliphatic rings. The third-order valence-electron chi connectivity index (χ3n) is 5.28. The van der Waals surface area contributed by atoms with E-state index in [1.807, 2.05) is 24.5 Å². The van der Waals surface area contributed by atoms with E-state index in [0.29, 0.717) is 6.61 Å². The maximum atomic E-state index is 7.07. The number of amidine groups is 1. The predicted molar refractivity (Wildman–Crippen MR) is 108 cm³/mol. The molecule has 1 saturated heterocycles. The summed E-state index contributed by atoms with van der Waals surface area (Å²) in [5.74, 6) is 0. The van der Waals surface area contributed by atoms with E-state index in [1.54, 1.807) is 0 Å². The lowest BCUT2D eigenvalue weighted by atomic mass is 9.88. The first-order valence-electron chi connectivity index (χ1n) is 9.80. The topological polar surface area (TPSA) is 97.4 Å². The minimum atomic E-state index is -0.429. The summed E-state index contributed by atoms with van der Waals surface area (Å²) < 4.78 is 0. The Hall–Kier alpha value is -2.51. The summed E-state index contributed by atoms with van der Waals surface area (Å²) in [5, 5.41) is 7.07. The third-order valence-corrected chi connectivity index (χ3v) is 5.28. The van der Waals surface area contributed by atoms with E-state index in [9.17, 15) is 0 Å². The van der Waals surface area contributed by atoms with Crippen molar-refractivity contribution in [2.45, 2.75) is 51.6 Å². The lowest BCUT2D eigenvalue weighted by molar-refractivity contribution is -0.225. The number of aromatic nitrogens is 2. The highest BCUT2D eigenvalue weighted by molar-refractivity contribution is 5.66. The number of likely N-dealkylation sites (tertiary alicyclic amines) is 1. The molecule has 0 unspecified atom stereocenters. The Bertz CT molecular complexity index is 744. The maximum Gasteiger partial charge on any atom is 0.317 e. The molecule has 0 amide bonds. The second-order valence-electron chi connectivity index (χ2n) is 7.23. The van der Waals surface area contributed by atoms with Crippen LogP contribution in [0.25, 0.3) is 0 Å². The molecule has 150 valence electrons. The number of rotatable bonds is 7. The van der Waals surface area contributed by atoms with Gasteiger partial charge in [0.25, 0.3) is 0 Å². The minimum Gasteiger partial charge on any atom is -0.351 e. The number of nitrogens with two attached hydrogens (primary N) is 1. The van der Waals surface area contributed by atoms with Gasteiger partial charge in [0.1, 0.15) is 0 Å². The van der Waals surface area contributed by atoms with Crippen LogP contribution in [0.1, 0.15) is 60.3 Å². The molecule has 0 spiro atoms. The number of nitrogens with zero attached hydrogens (tertiary/aromatic N) is 3. The van der Waals surface area contributed by atoms with Gasteiger partial charge in [-0.25, -0.2) is 5.41 Å². The van der Waals surface area contributed by atoms with Gasteiger partial charge in [-0.2, -0.15) is 4.89 Å². The Kier molecular flexibility index (Phi) is 6.95. The molecule has 2 aromatic rings. The number of piperidine rings is 1. The van der Waals surface area contributed by atoms with E-state index >= 15 is 0 Å². The summed E-state index contributed by atoms with van der Waals surface area (Å²) in [5.41, 5.74) is 9.87. The van der Waals surface area contributed by atoms with Gasteiger partial charge >= 0.3 is 6.02 Å². The average molecular weight is 383 g/mol. The molecule has 3 N–H and O–H groups in total. The summed E-state index contributed by atoms with van der Waals surface area (Å²) in [7, 11) is 0. The lowest BCUT2D eigenvalue weighted by Gasteiger charge is -2.42. The van der Waals surface area contributed by atoms with Crippen LogP contribution < -0.4 is 5.73 Å². The molecule has 0 radical (unpaired) electrons. The molecule has 7 nitrogen and oxygen atoms in total. The van der Waals surface area contributed by atoms with Crippen LogP contribution in [0.3, 0.4) is 0 Å². The van der Waals surface area contributed by atoms with Crippen LogP contribution in [0.2, 0.25) is 0 Å². The molecule has 0 saturated carbocycles. The smallest absolute Gasteiger partial charge is 0.317 e. The van der Waals surface area contributed by atoms with Gasteiger partial charge in [0.05, 0.1) is 30.1 Å². The molecular weight excluding hydrogens is 354 g/mol. The average Bonchev–Trinajstić information content (AvgIpc) is 2.68. The SMILES string of the molecule is Cc1cccnc1[C@H]1CCC[C@@H](c2ncccc2C)N1CCCOOC(=N)N. The van der Waals surface area contributed by atoms with E-state index in [2.05, 4.69) is 35.8 Å². The Morgan fingerprint density at radius 3 is 2.18 bits per heavy atom. The van der Waals surface area contributed by atoms with Crippen molar-refractivity contribution in [2.24, 2.45) is 5.73 Å². The molecule has 0 bridgehead atoms. The highest BCUT2D eigenvalue weighted by Gasteiger charge is 2.34. The largest absolute Gasteiger partial charge is 0.351 e. The van der Waals surface area contributed by atoms with Gasteiger partial charge in [-0.3, -0.25) is 19.8 Å². The van der Waals surface area contributed by atoms with Crippen LogP contribution in [0.5, 0.6) is 0 Å². The number of nitrogens with one attached hydrogen (secondary N) is 1. The number of hydrogen-bond acceptors (Lipinski definition) is 6. The van der Waals surface area contributed by atoms with Crippen LogP contribution in [0.4, 0.5) is 0 Å². The summed E-state index contributed by atoms with van der Waals surface area (Å²) >= 11 is 0. The zero-order valence-corrected chi connectivity index (χ0v) is 16.6. The first kappa shape index (κ1) is 20.2. The summed E-state index contributed by atoms with van der Waals surface area (Å²) in [4.78, 5) is 21.5. The zero-order chi connectivity index (χ0) is 19.9. The number of hydrogen-bond donors (Lipinski definition) is 2. The second kappa shape index (κ2) is 9.61. The van der Waals surface area contributed by atoms with Crippen molar-refractivity contribution in [3.05, 3.63) is 59.2 Å². The zero-order valence-electron chi connectivity index (χ0n) is 16.6. The molecule has 1 aliphatic heterocycles. The van der Waals surface area contributed by atoms with Crippen molar-refractivity contribution < 1.29 is 9.78 Å². The van der Waals surface area contributed by atoms with Crippen molar-refractivity contribution in [2.75, 3.05) is 13.2 Å². The summed E-state index contributed by atoms with van der Waals surface area (Å²) in [6.07, 6.45) is 7.80. The molecule has 0 aliphatic carbocycles. The summed E-state index contributed by atoms with van der Waals surface area (Å²) in [6.45, 7) is 5.44. The van der Waals surface area contributed by atoms with Gasteiger partial charge in [-0.1, -0.05) is 12.1 Å². The van der Waals surface area contributed by atoms with Gasteiger partial charge in [0.2, 0.25) is 0 Å². The fourth-order valence-electron chi connectivity index (χ4n) is 4.06. The van der Waals surface area contributed by atoms with Crippen LogP contribution in [0, 0.1) is 19.3 Å². The third kappa shape index (κ3) is 4.85. The van der Waals surface area contributed by atoms with E-state index in [4.69, 9.17) is 26.0 Å². The predicted octanol–water partition coefficient (Wildman–Crippen LogP) is 3.59. The van der Waals surface area contributed by atoms with Gasteiger partial charge in [-0.15, -0.1) is 0 Å². The number of aryl methyl sites for hydroxylation is 2. The van der Waals surface area contributed by atoms with Crippen molar-refractivity contribution in [1.29, 1.82) is 5.41 Å². The maximum absolute atomic E-state index is 7.07. The molecule has 0 aromatic carbocycles. The molecule has 28 heavy (non-hydrogen) atoms. The molecule has 3 rings (SSSR count). The molecule has 2 aromatic heterocycles. The Morgan fingerprint density at radius 1 is 1.11 bits per heavy atom. The molecule has 1 fully saturated rings. The molecule has 7 heteroatoms. The monoisotopic (exact) mass is 383 g/mol. The van der Waals surface area contributed by atoms with E-state index in [-0.39, 0.29) is 12.1 Å². The quantitative estimate of drug-likeness (QED) is 0.249. The normalized spacial score (nSPS) is 20.1. The Labute approximate surface area is 166 Å². The van der Waals surface area contributed by atoms with Crippen molar-refractivity contribution in [1.82, 2.24) is 14.9 Å². The summed E-state index contributed by atoms with van der Waals surface area (Å²) in [6, 6.07) is 8.28. The van der Waals surface area contributed by atoms with Gasteiger partial charge in [0.15, 0.2) is 0 Å². The second-order valence-corrected chi connectivity index (χ2v) is 7.23. The van der Waals surface area contributed by atoms with Crippen molar-refractivity contribution in [3.8, 4) is 0 Å². The van der Waals surface area contributed by atoms with Crippen molar-refractivity contribution >= 4 is 6.02 Å². The van der Waals surface area contributed by atoms with Crippen LogP contribution in [0.15, 0.2) is 36.7 Å². The van der Waals surface area contributed by atoms with E-state index < -0.39 is 6.02 Å². The van der Waals surface area contributed by atoms with Gasteiger partial charge < -0.3 is 5.73 Å². The van der Waals surface area contributed by atoms with Crippen LogP contribution >= 0.6 is 0 Å². The van der Waals surface area contributed by atoms with Gasteiger partial charge in [-0.05, 0) is 62.8 Å². The molecule has 2 atom stereocenters. The molecule has 3 heterocycles. The first-order valence-corrected chi connectivity index (χ1v) is 9.80. The first-order chi connectivity index (χ1) is 13.6. The highest BCUT2D eigenvalue weighted by Crippen LogP contribution is 2.41. The Morgan fingerprint density at radius 2 is 1.68 bits per heavy atom. The minimum absolute atomic E-state index is 0.245. The lowest BCUT2D eigenvalue weighted by Crippen LogP contribution is -2.39. The van der Waals surface area contributed by atoms with Crippen LogP contribution in [-0.4, -0.2) is 34.0 Å². The van der Waals surface area contributed by atoms with Crippen LogP contribution in [-0.2, 0) is 9.78 Å². The van der Waals surface area contributed by atoms with E-state index in [1.165, 1.54) is 11.1 Å². The highest BCUT2D eigenvalue weighted by atomic mass is 17.2. The number of pyridine rings is 2. The Balaban J connectivity index is 1.82. The fourth-order valence-corrected chi connectivity index (χ4v) is 4.06.